The summed E-state index contributed by atoms with van der Waals surface area (Å²) in [6.45, 7) is 1.61. The highest BCUT2D eigenvalue weighted by Gasteiger charge is 2.48. The molecule has 1 saturated carbocycles. The monoisotopic (exact) mass is 346 g/mol. The largest absolute Gasteiger partial charge is 0.481 e. The van der Waals surface area contributed by atoms with E-state index in [1.807, 2.05) is 0 Å². The number of benzene rings is 1. The molecule has 1 aromatic heterocycles. The zero-order valence-corrected chi connectivity index (χ0v) is 13.2. The van der Waals surface area contributed by atoms with E-state index in [2.05, 4.69) is 10.6 Å². The topological polar surface area (TPSA) is 109 Å². The average Bonchev–Trinajstić information content (AvgIpc) is 3.26. The van der Waals surface area contributed by atoms with E-state index >= 15 is 0 Å². The minimum Gasteiger partial charge on any atom is -0.481 e. The molecule has 1 fully saturated rings. The van der Waals surface area contributed by atoms with E-state index < -0.39 is 35.4 Å². The van der Waals surface area contributed by atoms with Crippen molar-refractivity contribution in [2.45, 2.75) is 13.3 Å². The number of aliphatic carboxylic acids is 1. The molecule has 2 amide bonds. The first-order chi connectivity index (χ1) is 11.9. The number of carboxylic acids is 1. The van der Waals surface area contributed by atoms with Crippen LogP contribution in [-0.2, 0) is 9.59 Å². The Bertz CT molecular complexity index is 860. The van der Waals surface area contributed by atoms with Crippen molar-refractivity contribution in [2.24, 2.45) is 11.8 Å². The Morgan fingerprint density at radius 1 is 1.20 bits per heavy atom. The van der Waals surface area contributed by atoms with Gasteiger partial charge in [0.05, 0.1) is 29.3 Å². The summed E-state index contributed by atoms with van der Waals surface area (Å²) in [6.07, 6.45) is 1.64. The van der Waals surface area contributed by atoms with Crippen molar-refractivity contribution in [1.82, 2.24) is 0 Å². The van der Waals surface area contributed by atoms with Gasteiger partial charge < -0.3 is 20.2 Å². The molecular weight excluding hydrogens is 331 g/mol. The van der Waals surface area contributed by atoms with Crippen LogP contribution in [0.2, 0.25) is 0 Å². The number of furan rings is 1. The van der Waals surface area contributed by atoms with Crippen LogP contribution in [-0.4, -0.2) is 22.9 Å². The van der Waals surface area contributed by atoms with Gasteiger partial charge in [-0.3, -0.25) is 14.4 Å². The van der Waals surface area contributed by atoms with Gasteiger partial charge in [-0.2, -0.15) is 0 Å². The molecule has 3 rings (SSSR count). The van der Waals surface area contributed by atoms with Crippen LogP contribution >= 0.6 is 0 Å². The highest BCUT2D eigenvalue weighted by Crippen LogP contribution is 2.39. The zero-order valence-electron chi connectivity index (χ0n) is 13.2. The summed E-state index contributed by atoms with van der Waals surface area (Å²) in [6, 6.07) is 5.19. The SMILES string of the molecule is Cc1occc1C(=O)Nc1cc(NC(=O)C2CC2C(=O)O)ccc1F. The molecule has 0 radical (unpaired) electrons. The van der Waals surface area contributed by atoms with Crippen LogP contribution < -0.4 is 10.6 Å². The normalized spacial score (nSPS) is 18.5. The van der Waals surface area contributed by atoms with Crippen LogP contribution in [0.25, 0.3) is 0 Å². The Labute approximate surface area is 141 Å². The molecule has 0 spiro atoms. The summed E-state index contributed by atoms with van der Waals surface area (Å²) >= 11 is 0. The molecule has 130 valence electrons. The smallest absolute Gasteiger partial charge is 0.307 e. The molecule has 2 aromatic rings. The highest BCUT2D eigenvalue weighted by atomic mass is 19.1. The first-order valence-corrected chi connectivity index (χ1v) is 7.55. The summed E-state index contributed by atoms with van der Waals surface area (Å²) in [5, 5.41) is 13.8. The molecule has 2 atom stereocenters. The third-order valence-electron chi connectivity index (χ3n) is 4.03. The Morgan fingerprint density at radius 3 is 2.56 bits per heavy atom. The van der Waals surface area contributed by atoms with Gasteiger partial charge in [-0.1, -0.05) is 0 Å². The van der Waals surface area contributed by atoms with Crippen molar-refractivity contribution in [3.63, 3.8) is 0 Å². The Kier molecular flexibility index (Phi) is 4.26. The summed E-state index contributed by atoms with van der Waals surface area (Å²) in [7, 11) is 0. The maximum atomic E-state index is 13.9. The van der Waals surface area contributed by atoms with Crippen LogP contribution in [0.5, 0.6) is 0 Å². The maximum Gasteiger partial charge on any atom is 0.307 e. The highest BCUT2D eigenvalue weighted by molar-refractivity contribution is 6.05. The zero-order chi connectivity index (χ0) is 18.1. The van der Waals surface area contributed by atoms with E-state index in [1.165, 1.54) is 24.5 Å². The summed E-state index contributed by atoms with van der Waals surface area (Å²) in [4.78, 5) is 34.9. The number of anilines is 2. The average molecular weight is 346 g/mol. The number of hydrogen-bond acceptors (Lipinski definition) is 4. The number of nitrogens with one attached hydrogen (secondary N) is 2. The third-order valence-corrected chi connectivity index (χ3v) is 4.03. The van der Waals surface area contributed by atoms with Crippen molar-refractivity contribution in [1.29, 1.82) is 0 Å². The fraction of sp³-hybridized carbons (Fsp3) is 0.235. The minimum atomic E-state index is -1.01. The van der Waals surface area contributed by atoms with Gasteiger partial charge >= 0.3 is 5.97 Å². The van der Waals surface area contributed by atoms with Crippen LogP contribution in [0.1, 0.15) is 22.5 Å². The van der Waals surface area contributed by atoms with E-state index in [1.54, 1.807) is 6.92 Å². The Morgan fingerprint density at radius 2 is 1.96 bits per heavy atom. The summed E-state index contributed by atoms with van der Waals surface area (Å²) in [5.74, 6) is -3.53. The lowest BCUT2D eigenvalue weighted by Crippen LogP contribution is -2.17. The lowest BCUT2D eigenvalue weighted by Gasteiger charge is -2.09. The first-order valence-electron chi connectivity index (χ1n) is 7.55. The van der Waals surface area contributed by atoms with Crippen molar-refractivity contribution >= 4 is 29.2 Å². The summed E-state index contributed by atoms with van der Waals surface area (Å²) in [5.41, 5.74) is 0.437. The second kappa shape index (κ2) is 6.39. The van der Waals surface area contributed by atoms with E-state index in [0.717, 1.165) is 6.07 Å². The number of aryl methyl sites for hydroxylation is 1. The number of carboxylic acid groups (broad SMARTS) is 1. The predicted octanol–water partition coefficient (Wildman–Crippen LogP) is 2.64. The predicted molar refractivity (Wildman–Crippen MR) is 85.7 cm³/mol. The van der Waals surface area contributed by atoms with Gasteiger partial charge in [-0.25, -0.2) is 4.39 Å². The molecule has 3 N–H and O–H groups in total. The van der Waals surface area contributed by atoms with Crippen LogP contribution in [0.4, 0.5) is 15.8 Å². The quantitative estimate of drug-likeness (QED) is 0.771. The van der Waals surface area contributed by atoms with Gasteiger partial charge in [0.25, 0.3) is 5.91 Å². The minimum absolute atomic E-state index is 0.103. The second-order valence-electron chi connectivity index (χ2n) is 5.82. The number of carbonyl (C=O) groups is 3. The standard InChI is InChI=1S/C17H15FN2O5/c1-8-10(4-5-25-8)15(21)20-14-6-9(2-3-13(14)18)19-16(22)11-7-12(11)17(23)24/h2-6,11-12H,7H2,1H3,(H,19,22)(H,20,21)(H,23,24). The molecule has 0 bridgehead atoms. The van der Waals surface area contributed by atoms with E-state index in [-0.39, 0.29) is 23.4 Å². The fourth-order valence-electron chi connectivity index (χ4n) is 2.50. The number of amides is 2. The molecule has 1 heterocycles. The van der Waals surface area contributed by atoms with Crippen molar-refractivity contribution in [2.75, 3.05) is 10.6 Å². The fourth-order valence-corrected chi connectivity index (χ4v) is 2.50. The number of carbonyl (C=O) groups excluding carboxylic acids is 2. The third kappa shape index (κ3) is 3.52. The van der Waals surface area contributed by atoms with Gasteiger partial charge in [0.1, 0.15) is 11.6 Å². The van der Waals surface area contributed by atoms with Gasteiger partial charge in [0.15, 0.2) is 0 Å². The van der Waals surface area contributed by atoms with Crippen molar-refractivity contribution in [3.8, 4) is 0 Å². The second-order valence-corrected chi connectivity index (χ2v) is 5.82. The van der Waals surface area contributed by atoms with Gasteiger partial charge in [0.2, 0.25) is 5.91 Å². The van der Waals surface area contributed by atoms with Gasteiger partial charge in [-0.15, -0.1) is 0 Å². The molecule has 1 aliphatic rings. The van der Waals surface area contributed by atoms with E-state index in [9.17, 15) is 18.8 Å². The van der Waals surface area contributed by atoms with Crippen molar-refractivity contribution < 1.29 is 28.3 Å². The number of hydrogen-bond donors (Lipinski definition) is 3. The first kappa shape index (κ1) is 16.7. The molecular formula is C17H15FN2O5. The molecule has 1 aliphatic carbocycles. The molecule has 2 unspecified atom stereocenters. The number of halogens is 1. The van der Waals surface area contributed by atoms with Gasteiger partial charge in [0, 0.05) is 5.69 Å². The Balaban J connectivity index is 1.70. The van der Waals surface area contributed by atoms with Crippen LogP contribution in [0.3, 0.4) is 0 Å². The maximum absolute atomic E-state index is 13.9. The Hall–Kier alpha value is -3.16. The number of rotatable bonds is 5. The van der Waals surface area contributed by atoms with Crippen molar-refractivity contribution in [3.05, 3.63) is 47.7 Å². The lowest BCUT2D eigenvalue weighted by atomic mass is 10.2. The molecule has 0 aliphatic heterocycles. The van der Waals surface area contributed by atoms with Crippen LogP contribution in [0, 0.1) is 24.6 Å². The van der Waals surface area contributed by atoms with E-state index in [0.29, 0.717) is 5.76 Å². The molecule has 1 aromatic carbocycles. The molecule has 7 nitrogen and oxygen atoms in total. The molecule has 0 saturated heterocycles. The summed E-state index contributed by atoms with van der Waals surface area (Å²) < 4.78 is 19.0. The van der Waals surface area contributed by atoms with E-state index in [4.69, 9.17) is 9.52 Å². The lowest BCUT2D eigenvalue weighted by molar-refractivity contribution is -0.139. The van der Waals surface area contributed by atoms with Gasteiger partial charge in [-0.05, 0) is 37.6 Å². The molecule has 25 heavy (non-hydrogen) atoms. The van der Waals surface area contributed by atoms with Crippen LogP contribution in [0.15, 0.2) is 34.9 Å². The molecule has 8 heteroatoms.